The molecular weight excluding hydrogens is 400 g/mol. The van der Waals surface area contributed by atoms with Gasteiger partial charge in [-0.25, -0.2) is 0 Å². The van der Waals surface area contributed by atoms with Crippen molar-refractivity contribution in [1.29, 1.82) is 0 Å². The van der Waals surface area contributed by atoms with Crippen LogP contribution in [0.25, 0.3) is 22.4 Å². The Morgan fingerprint density at radius 3 is 2.74 bits per heavy atom. The van der Waals surface area contributed by atoms with Gasteiger partial charge in [0.05, 0.1) is 5.97 Å². The van der Waals surface area contributed by atoms with E-state index in [1.807, 2.05) is 32.0 Å². The zero-order chi connectivity index (χ0) is 22.0. The van der Waals surface area contributed by atoms with E-state index in [0.717, 1.165) is 28.8 Å². The van der Waals surface area contributed by atoms with Crippen molar-refractivity contribution in [2.75, 3.05) is 19.8 Å². The second kappa shape index (κ2) is 8.59. The Balaban J connectivity index is 1.79. The number of carbonyl (C=O) groups excluding carboxylic acids is 1. The van der Waals surface area contributed by atoms with Gasteiger partial charge in [0.25, 0.3) is 0 Å². The molecule has 0 spiro atoms. The molecule has 3 aromatic rings. The van der Waals surface area contributed by atoms with Gasteiger partial charge in [-0.05, 0) is 42.7 Å². The standard InChI is InChI=1S/C23H24N2O6/c1-3-4-14-9-16(17(26)11-19(14)31-12-21(27)28)23-22(13(2)24-25-23)15-5-6-18-20(10-15)30-8-7-29-18/h5-6,9-11,26H,3-4,7-8,12H2,1-2H3,(H,24,25)(H,27,28)/p-1. The largest absolute Gasteiger partial charge is 0.546 e. The summed E-state index contributed by atoms with van der Waals surface area (Å²) in [6, 6.07) is 8.91. The number of aliphatic carboxylic acids is 1. The average molecular weight is 423 g/mol. The van der Waals surface area contributed by atoms with Crippen LogP contribution in [0.2, 0.25) is 0 Å². The van der Waals surface area contributed by atoms with Gasteiger partial charge < -0.3 is 29.2 Å². The number of H-pyrrole nitrogens is 1. The van der Waals surface area contributed by atoms with E-state index >= 15 is 0 Å². The fourth-order valence-corrected chi connectivity index (χ4v) is 3.72. The van der Waals surface area contributed by atoms with E-state index in [-0.39, 0.29) is 5.75 Å². The first kappa shape index (κ1) is 20.6. The zero-order valence-corrected chi connectivity index (χ0v) is 17.4. The van der Waals surface area contributed by atoms with Gasteiger partial charge >= 0.3 is 0 Å². The van der Waals surface area contributed by atoms with Crippen molar-refractivity contribution in [3.8, 4) is 45.4 Å². The van der Waals surface area contributed by atoms with Crippen LogP contribution in [-0.2, 0) is 11.2 Å². The monoisotopic (exact) mass is 423 g/mol. The lowest BCUT2D eigenvalue weighted by molar-refractivity contribution is -0.307. The van der Waals surface area contributed by atoms with Gasteiger partial charge in [-0.2, -0.15) is 5.10 Å². The number of fused-ring (bicyclic) bond motifs is 1. The summed E-state index contributed by atoms with van der Waals surface area (Å²) < 4.78 is 16.6. The first-order valence-corrected chi connectivity index (χ1v) is 10.1. The van der Waals surface area contributed by atoms with Crippen LogP contribution in [0.4, 0.5) is 0 Å². The van der Waals surface area contributed by atoms with E-state index in [9.17, 15) is 15.0 Å². The van der Waals surface area contributed by atoms with Crippen LogP contribution in [-0.4, -0.2) is 41.1 Å². The number of benzene rings is 2. The van der Waals surface area contributed by atoms with E-state index in [2.05, 4.69) is 10.2 Å². The highest BCUT2D eigenvalue weighted by molar-refractivity contribution is 5.86. The summed E-state index contributed by atoms with van der Waals surface area (Å²) in [4.78, 5) is 10.8. The van der Waals surface area contributed by atoms with Crippen LogP contribution < -0.4 is 19.3 Å². The molecule has 162 valence electrons. The molecule has 0 amide bonds. The average Bonchev–Trinajstić information content (AvgIpc) is 3.14. The van der Waals surface area contributed by atoms with Crippen molar-refractivity contribution < 1.29 is 29.2 Å². The third kappa shape index (κ3) is 4.14. The van der Waals surface area contributed by atoms with E-state index in [1.165, 1.54) is 6.07 Å². The summed E-state index contributed by atoms with van der Waals surface area (Å²) in [5.41, 5.74) is 4.43. The molecule has 0 unspecified atom stereocenters. The predicted octanol–water partition coefficient (Wildman–Crippen LogP) is 2.61. The molecule has 8 heteroatoms. The molecule has 2 heterocycles. The molecule has 1 aliphatic rings. The van der Waals surface area contributed by atoms with Gasteiger partial charge in [-0.3, -0.25) is 5.10 Å². The molecule has 0 fully saturated rings. The number of hydrogen-bond donors (Lipinski definition) is 2. The molecule has 0 bridgehead atoms. The maximum absolute atomic E-state index is 10.8. The zero-order valence-electron chi connectivity index (χ0n) is 17.4. The summed E-state index contributed by atoms with van der Waals surface area (Å²) >= 11 is 0. The normalized spacial score (nSPS) is 12.6. The van der Waals surface area contributed by atoms with Gasteiger partial charge in [-0.15, -0.1) is 0 Å². The maximum atomic E-state index is 10.8. The number of aryl methyl sites for hydroxylation is 2. The van der Waals surface area contributed by atoms with Crippen molar-refractivity contribution in [3.63, 3.8) is 0 Å². The fraction of sp³-hybridized carbons (Fsp3) is 0.304. The highest BCUT2D eigenvalue weighted by atomic mass is 16.6. The molecule has 31 heavy (non-hydrogen) atoms. The number of carboxylic acid groups (broad SMARTS) is 1. The van der Waals surface area contributed by atoms with Crippen LogP contribution >= 0.6 is 0 Å². The summed E-state index contributed by atoms with van der Waals surface area (Å²) in [5, 5.41) is 29.0. The minimum Gasteiger partial charge on any atom is -0.546 e. The fourth-order valence-electron chi connectivity index (χ4n) is 3.72. The number of aromatic amines is 1. The number of nitrogens with zero attached hydrogens (tertiary/aromatic N) is 1. The number of phenolic OH excluding ortho intramolecular Hbond substituents is 1. The second-order valence-electron chi connectivity index (χ2n) is 7.32. The van der Waals surface area contributed by atoms with Crippen LogP contribution in [0.15, 0.2) is 30.3 Å². The molecular formula is C23H23N2O6-. The minimum absolute atomic E-state index is 0.0569. The topological polar surface area (TPSA) is 117 Å². The number of carboxylic acids is 1. The van der Waals surface area contributed by atoms with Gasteiger partial charge in [-0.1, -0.05) is 19.4 Å². The number of aromatic nitrogens is 2. The molecule has 1 aromatic heterocycles. The number of carbonyl (C=O) groups is 1. The molecule has 2 N–H and O–H groups in total. The third-order valence-electron chi connectivity index (χ3n) is 5.08. The number of hydrogen-bond acceptors (Lipinski definition) is 7. The lowest BCUT2D eigenvalue weighted by Crippen LogP contribution is -2.29. The quantitative estimate of drug-likeness (QED) is 0.600. The highest BCUT2D eigenvalue weighted by Crippen LogP contribution is 2.42. The Labute approximate surface area is 179 Å². The van der Waals surface area contributed by atoms with Crippen molar-refractivity contribution in [2.45, 2.75) is 26.7 Å². The number of nitrogens with one attached hydrogen (secondary N) is 1. The Morgan fingerprint density at radius 2 is 2.00 bits per heavy atom. The van der Waals surface area contributed by atoms with E-state index in [0.29, 0.717) is 48.1 Å². The summed E-state index contributed by atoms with van der Waals surface area (Å²) in [7, 11) is 0. The Morgan fingerprint density at radius 1 is 1.23 bits per heavy atom. The smallest absolute Gasteiger partial charge is 0.161 e. The van der Waals surface area contributed by atoms with Crippen LogP contribution in [0.3, 0.4) is 0 Å². The Kier molecular flexibility index (Phi) is 5.70. The van der Waals surface area contributed by atoms with Gasteiger partial charge in [0.1, 0.15) is 37.0 Å². The minimum atomic E-state index is -1.32. The van der Waals surface area contributed by atoms with Crippen LogP contribution in [0, 0.1) is 6.92 Å². The number of phenols is 1. The van der Waals surface area contributed by atoms with Gasteiger partial charge in [0, 0.05) is 22.9 Å². The van der Waals surface area contributed by atoms with E-state index < -0.39 is 12.6 Å². The van der Waals surface area contributed by atoms with Crippen molar-refractivity contribution in [3.05, 3.63) is 41.6 Å². The molecule has 0 aliphatic carbocycles. The molecule has 0 saturated heterocycles. The first-order valence-electron chi connectivity index (χ1n) is 10.1. The number of rotatable bonds is 7. The molecule has 0 saturated carbocycles. The van der Waals surface area contributed by atoms with E-state index in [4.69, 9.17) is 14.2 Å². The number of aromatic hydroxyl groups is 1. The van der Waals surface area contributed by atoms with Crippen LogP contribution in [0.1, 0.15) is 24.6 Å². The highest BCUT2D eigenvalue weighted by Gasteiger charge is 2.21. The summed E-state index contributed by atoms with van der Waals surface area (Å²) in [5.74, 6) is 0.297. The molecule has 1 aliphatic heterocycles. The number of ether oxygens (including phenoxy) is 3. The van der Waals surface area contributed by atoms with Crippen molar-refractivity contribution in [2.24, 2.45) is 0 Å². The first-order chi connectivity index (χ1) is 15.0. The van der Waals surface area contributed by atoms with Crippen molar-refractivity contribution >= 4 is 5.97 Å². The molecule has 2 aromatic carbocycles. The van der Waals surface area contributed by atoms with Gasteiger partial charge in [0.2, 0.25) is 0 Å². The molecule has 4 rings (SSSR count). The van der Waals surface area contributed by atoms with Crippen LogP contribution in [0.5, 0.6) is 23.0 Å². The lowest BCUT2D eigenvalue weighted by atomic mass is 9.96. The molecule has 8 nitrogen and oxygen atoms in total. The lowest BCUT2D eigenvalue weighted by Gasteiger charge is -2.19. The maximum Gasteiger partial charge on any atom is 0.161 e. The summed E-state index contributed by atoms with van der Waals surface area (Å²) in [6.45, 7) is 4.34. The molecule has 0 atom stereocenters. The van der Waals surface area contributed by atoms with E-state index in [1.54, 1.807) is 6.07 Å². The Hall–Kier alpha value is -3.68. The second-order valence-corrected chi connectivity index (χ2v) is 7.32. The Bertz CT molecular complexity index is 1120. The van der Waals surface area contributed by atoms with Crippen molar-refractivity contribution in [1.82, 2.24) is 10.2 Å². The summed E-state index contributed by atoms with van der Waals surface area (Å²) in [6.07, 6.45) is 1.47. The third-order valence-corrected chi connectivity index (χ3v) is 5.08. The van der Waals surface area contributed by atoms with Gasteiger partial charge in [0.15, 0.2) is 11.5 Å². The predicted molar refractivity (Wildman–Crippen MR) is 111 cm³/mol. The molecule has 0 radical (unpaired) electrons. The SMILES string of the molecule is CCCc1cc(-c2n[nH]c(C)c2-c2ccc3c(c2)OCCO3)c(O)cc1OCC(=O)[O-].